The summed E-state index contributed by atoms with van der Waals surface area (Å²) in [4.78, 5) is 27.0. The summed E-state index contributed by atoms with van der Waals surface area (Å²) in [5.74, 6) is -0.774. The Bertz CT molecular complexity index is 1240. The molecule has 32 heavy (non-hydrogen) atoms. The number of fused-ring (bicyclic) bond motifs is 1. The molecule has 0 bridgehead atoms. The number of anilines is 1. The van der Waals surface area contributed by atoms with Crippen LogP contribution in [-0.2, 0) is 0 Å². The lowest BCUT2D eigenvalue weighted by Gasteiger charge is -2.20. The van der Waals surface area contributed by atoms with Crippen LogP contribution >= 0.6 is 23.2 Å². The monoisotopic (exact) mass is 457 g/mol. The van der Waals surface area contributed by atoms with E-state index in [2.05, 4.69) is 24.3 Å². The highest BCUT2D eigenvalue weighted by atomic mass is 35.5. The topological polar surface area (TPSA) is 37.4 Å². The van der Waals surface area contributed by atoms with Gasteiger partial charge in [0, 0.05) is 5.92 Å². The van der Waals surface area contributed by atoms with Gasteiger partial charge in [0.15, 0.2) is 0 Å². The first-order valence-electron chi connectivity index (χ1n) is 10.1. The predicted octanol–water partition coefficient (Wildman–Crippen LogP) is 6.97. The zero-order valence-corrected chi connectivity index (χ0v) is 18.3. The summed E-state index contributed by atoms with van der Waals surface area (Å²) in [5.41, 5.74) is 4.42. The second-order valence-corrected chi connectivity index (χ2v) is 8.42. The number of imide groups is 1. The molecule has 0 aromatic heterocycles. The molecule has 0 fully saturated rings. The van der Waals surface area contributed by atoms with Crippen molar-refractivity contribution in [3.8, 4) is 0 Å². The molecule has 0 N–H and O–H groups in total. The minimum atomic E-state index is -0.404. The van der Waals surface area contributed by atoms with Crippen molar-refractivity contribution >= 4 is 40.7 Å². The lowest BCUT2D eigenvalue weighted by molar-refractivity contribution is 0.0926. The largest absolute Gasteiger partial charge is 0.268 e. The Kier molecular flexibility index (Phi) is 5.30. The van der Waals surface area contributed by atoms with E-state index >= 15 is 0 Å². The zero-order chi connectivity index (χ0) is 22.2. The first-order chi connectivity index (χ1) is 15.5. The van der Waals surface area contributed by atoms with Crippen LogP contribution in [0.1, 0.15) is 43.3 Å². The Labute approximate surface area is 195 Å². The number of rotatable bonds is 4. The lowest BCUT2D eigenvalue weighted by Crippen LogP contribution is -2.29. The van der Waals surface area contributed by atoms with Crippen molar-refractivity contribution in [1.29, 1.82) is 0 Å². The average Bonchev–Trinajstić information content (AvgIpc) is 3.05. The van der Waals surface area contributed by atoms with Crippen LogP contribution in [0.2, 0.25) is 10.0 Å². The molecule has 3 nitrogen and oxygen atoms in total. The SMILES string of the molecule is O=C1c2cc(Cl)c(Cl)cc2C(=O)N1c1ccc(C(c2ccccc2)c2ccccc2)cc1. The first kappa shape index (κ1) is 20.5. The molecular formula is C27H17Cl2NO2. The number of carbonyl (C=O) groups is 2. The van der Waals surface area contributed by atoms with E-state index < -0.39 is 11.8 Å². The van der Waals surface area contributed by atoms with Gasteiger partial charge >= 0.3 is 0 Å². The van der Waals surface area contributed by atoms with Crippen molar-refractivity contribution in [3.05, 3.63) is 135 Å². The van der Waals surface area contributed by atoms with Gasteiger partial charge in [0.05, 0.1) is 26.9 Å². The van der Waals surface area contributed by atoms with Gasteiger partial charge in [0.2, 0.25) is 0 Å². The maximum atomic E-state index is 12.9. The Morgan fingerprint density at radius 1 is 0.562 bits per heavy atom. The van der Waals surface area contributed by atoms with Crippen LogP contribution in [0, 0.1) is 0 Å². The van der Waals surface area contributed by atoms with E-state index in [9.17, 15) is 9.59 Å². The molecule has 0 spiro atoms. The van der Waals surface area contributed by atoms with Crippen molar-refractivity contribution in [3.63, 3.8) is 0 Å². The second-order valence-electron chi connectivity index (χ2n) is 7.60. The number of hydrogen-bond acceptors (Lipinski definition) is 2. The Hall–Kier alpha value is -3.40. The highest BCUT2D eigenvalue weighted by Gasteiger charge is 2.37. The molecule has 5 rings (SSSR count). The van der Waals surface area contributed by atoms with Crippen molar-refractivity contribution in [2.75, 3.05) is 4.90 Å². The molecular weight excluding hydrogens is 441 g/mol. The van der Waals surface area contributed by atoms with E-state index in [0.717, 1.165) is 16.7 Å². The second kappa shape index (κ2) is 8.27. The van der Waals surface area contributed by atoms with Crippen molar-refractivity contribution in [2.45, 2.75) is 5.92 Å². The molecule has 0 aliphatic carbocycles. The van der Waals surface area contributed by atoms with Crippen LogP contribution in [0.15, 0.2) is 97.1 Å². The van der Waals surface area contributed by atoms with Crippen molar-refractivity contribution in [1.82, 2.24) is 0 Å². The third-order valence-electron chi connectivity index (χ3n) is 5.68. The van der Waals surface area contributed by atoms with Crippen LogP contribution in [0.4, 0.5) is 5.69 Å². The molecule has 0 saturated heterocycles. The molecule has 0 atom stereocenters. The average molecular weight is 458 g/mol. The molecule has 1 aliphatic heterocycles. The van der Waals surface area contributed by atoms with Gasteiger partial charge in [-0.1, -0.05) is 96.0 Å². The minimum absolute atomic E-state index is 0.0336. The third kappa shape index (κ3) is 3.50. The summed E-state index contributed by atoms with van der Waals surface area (Å²) < 4.78 is 0. The normalized spacial score (nSPS) is 13.0. The predicted molar refractivity (Wildman–Crippen MR) is 128 cm³/mol. The fourth-order valence-corrected chi connectivity index (χ4v) is 4.48. The molecule has 156 valence electrons. The first-order valence-corrected chi connectivity index (χ1v) is 10.9. The van der Waals surface area contributed by atoms with Gasteiger partial charge in [0.1, 0.15) is 0 Å². The summed E-state index contributed by atoms with van der Waals surface area (Å²) in [7, 11) is 0. The highest BCUT2D eigenvalue weighted by molar-refractivity contribution is 6.44. The summed E-state index contributed by atoms with van der Waals surface area (Å²) in [5, 5.41) is 0.495. The van der Waals surface area contributed by atoms with Gasteiger partial charge in [-0.15, -0.1) is 0 Å². The van der Waals surface area contributed by atoms with Crippen LogP contribution < -0.4 is 4.90 Å². The lowest BCUT2D eigenvalue weighted by atomic mass is 9.85. The molecule has 0 radical (unpaired) electrons. The molecule has 4 aromatic rings. The number of hydrogen-bond donors (Lipinski definition) is 0. The van der Waals surface area contributed by atoms with E-state index in [1.54, 1.807) is 12.1 Å². The van der Waals surface area contributed by atoms with Gasteiger partial charge in [-0.2, -0.15) is 0 Å². The van der Waals surface area contributed by atoms with Crippen LogP contribution in [-0.4, -0.2) is 11.8 Å². The minimum Gasteiger partial charge on any atom is -0.268 e. The number of benzene rings is 4. The van der Waals surface area contributed by atoms with E-state index in [4.69, 9.17) is 23.2 Å². The fraction of sp³-hybridized carbons (Fsp3) is 0.0370. The van der Waals surface area contributed by atoms with Gasteiger partial charge in [0.25, 0.3) is 11.8 Å². The summed E-state index contributed by atoms with van der Waals surface area (Å²) in [6.45, 7) is 0. The standard InChI is InChI=1S/C27H17Cl2NO2/c28-23-15-21-22(16-24(23)29)27(32)30(26(21)31)20-13-11-19(12-14-20)25(17-7-3-1-4-8-17)18-9-5-2-6-10-18/h1-16,25H. The number of amides is 2. The maximum absolute atomic E-state index is 12.9. The molecule has 4 aromatic carbocycles. The maximum Gasteiger partial charge on any atom is 0.266 e. The van der Waals surface area contributed by atoms with E-state index in [1.807, 2.05) is 48.5 Å². The van der Waals surface area contributed by atoms with Gasteiger partial charge in [-0.05, 0) is 41.0 Å². The summed E-state index contributed by atoms with van der Waals surface area (Å²) >= 11 is 12.1. The Morgan fingerprint density at radius 3 is 1.41 bits per heavy atom. The molecule has 5 heteroatoms. The number of halogens is 2. The van der Waals surface area contributed by atoms with Crippen molar-refractivity contribution in [2.24, 2.45) is 0 Å². The van der Waals surface area contributed by atoms with Crippen LogP contribution in [0.25, 0.3) is 0 Å². The number of carbonyl (C=O) groups excluding carboxylic acids is 2. The third-order valence-corrected chi connectivity index (χ3v) is 6.40. The fourth-order valence-electron chi connectivity index (χ4n) is 4.15. The smallest absolute Gasteiger partial charge is 0.266 e. The zero-order valence-electron chi connectivity index (χ0n) is 16.8. The van der Waals surface area contributed by atoms with Crippen LogP contribution in [0.5, 0.6) is 0 Å². The highest BCUT2D eigenvalue weighted by Crippen LogP contribution is 2.36. The molecule has 0 unspecified atom stereocenters. The molecule has 0 saturated carbocycles. The van der Waals surface area contributed by atoms with Gasteiger partial charge in [-0.25, -0.2) is 4.90 Å². The molecule has 1 aliphatic rings. The Balaban J connectivity index is 1.52. The molecule has 1 heterocycles. The summed E-state index contributed by atoms with van der Waals surface area (Å²) in [6, 6.07) is 30.9. The molecule has 2 amide bonds. The van der Waals surface area contributed by atoms with Crippen LogP contribution in [0.3, 0.4) is 0 Å². The van der Waals surface area contributed by atoms with E-state index in [1.165, 1.54) is 17.0 Å². The Morgan fingerprint density at radius 2 is 0.969 bits per heavy atom. The summed E-state index contributed by atoms with van der Waals surface area (Å²) in [6.07, 6.45) is 0. The number of nitrogens with zero attached hydrogens (tertiary/aromatic N) is 1. The van der Waals surface area contributed by atoms with Gasteiger partial charge in [-0.3, -0.25) is 9.59 Å². The van der Waals surface area contributed by atoms with E-state index in [-0.39, 0.29) is 27.1 Å². The quantitative estimate of drug-likeness (QED) is 0.245. The van der Waals surface area contributed by atoms with Crippen molar-refractivity contribution < 1.29 is 9.59 Å². The van der Waals surface area contributed by atoms with E-state index in [0.29, 0.717) is 5.69 Å². The van der Waals surface area contributed by atoms with Gasteiger partial charge < -0.3 is 0 Å².